The lowest BCUT2D eigenvalue weighted by atomic mass is 10.1. The maximum Gasteiger partial charge on any atom is 0.222 e. The lowest BCUT2D eigenvalue weighted by molar-refractivity contribution is -0.131. The highest BCUT2D eigenvalue weighted by Gasteiger charge is 2.26. The van der Waals surface area contributed by atoms with Gasteiger partial charge in [-0.2, -0.15) is 0 Å². The van der Waals surface area contributed by atoms with Crippen LogP contribution in [0.25, 0.3) is 20.8 Å². The Morgan fingerprint density at radius 1 is 1.30 bits per heavy atom. The predicted molar refractivity (Wildman–Crippen MR) is 116 cm³/mol. The summed E-state index contributed by atoms with van der Waals surface area (Å²) in [4.78, 5) is 19.1. The van der Waals surface area contributed by atoms with Crippen LogP contribution in [0.15, 0.2) is 36.4 Å². The summed E-state index contributed by atoms with van der Waals surface area (Å²) in [6.07, 6.45) is 1.36. The van der Waals surface area contributed by atoms with Gasteiger partial charge in [-0.3, -0.25) is 4.79 Å². The standard InChI is InChI=1S/C23H24N2O4S/c1-2-21(26)25-8-10-28-22-16(13-25)11-15(12-19(22)29-17-7-9-27-14-17)23-24-18-5-3-4-6-20(18)30-23/h3-6,11-12,17H,2,7-10,13-14H2,1H3/t17-/m1/s1. The van der Waals surface area contributed by atoms with Crippen LogP contribution in [0.3, 0.4) is 0 Å². The third-order valence-electron chi connectivity index (χ3n) is 5.48. The first-order valence-electron chi connectivity index (χ1n) is 10.4. The molecule has 0 saturated carbocycles. The van der Waals surface area contributed by atoms with Crippen molar-refractivity contribution in [3.8, 4) is 22.1 Å². The summed E-state index contributed by atoms with van der Waals surface area (Å²) in [5.74, 6) is 1.57. The van der Waals surface area contributed by atoms with Crippen molar-refractivity contribution in [3.63, 3.8) is 0 Å². The molecule has 0 N–H and O–H groups in total. The predicted octanol–water partition coefficient (Wildman–Crippen LogP) is 4.26. The van der Waals surface area contributed by atoms with Crippen molar-refractivity contribution in [2.75, 3.05) is 26.4 Å². The van der Waals surface area contributed by atoms with Crippen LogP contribution < -0.4 is 9.47 Å². The Labute approximate surface area is 179 Å². The number of amides is 1. The van der Waals surface area contributed by atoms with Crippen LogP contribution in [-0.4, -0.2) is 48.3 Å². The topological polar surface area (TPSA) is 60.9 Å². The van der Waals surface area contributed by atoms with Crippen molar-refractivity contribution in [2.45, 2.75) is 32.4 Å². The molecule has 0 spiro atoms. The molecule has 156 valence electrons. The number of hydrogen-bond donors (Lipinski definition) is 0. The van der Waals surface area contributed by atoms with E-state index in [-0.39, 0.29) is 12.0 Å². The fourth-order valence-corrected chi connectivity index (χ4v) is 4.87. The SMILES string of the molecule is CCC(=O)N1CCOc2c(cc(-c3nc4ccccc4s3)cc2O[C@@H]2CCOC2)C1. The van der Waals surface area contributed by atoms with E-state index in [1.165, 1.54) is 0 Å². The van der Waals surface area contributed by atoms with E-state index in [1.807, 2.05) is 36.1 Å². The summed E-state index contributed by atoms with van der Waals surface area (Å²) in [6, 6.07) is 12.2. The minimum Gasteiger partial charge on any atom is -0.487 e. The highest BCUT2D eigenvalue weighted by molar-refractivity contribution is 7.21. The average molecular weight is 425 g/mol. The average Bonchev–Trinajstić information content (AvgIpc) is 3.38. The molecule has 1 fully saturated rings. The molecule has 30 heavy (non-hydrogen) atoms. The normalized spacial score (nSPS) is 18.7. The van der Waals surface area contributed by atoms with Gasteiger partial charge in [0.1, 0.15) is 17.7 Å². The van der Waals surface area contributed by atoms with Crippen molar-refractivity contribution in [3.05, 3.63) is 42.0 Å². The minimum atomic E-state index is 0.0138. The molecule has 1 atom stereocenters. The molecular formula is C23H24N2O4S. The molecule has 1 saturated heterocycles. The zero-order valence-electron chi connectivity index (χ0n) is 16.9. The number of aromatic nitrogens is 1. The molecule has 3 aromatic rings. The Bertz CT molecular complexity index is 1040. The van der Waals surface area contributed by atoms with Crippen LogP contribution in [0.2, 0.25) is 0 Å². The second-order valence-corrected chi connectivity index (χ2v) is 8.60. The number of thiazole rings is 1. The Balaban J connectivity index is 1.58. The van der Waals surface area contributed by atoms with E-state index in [0.717, 1.165) is 38.5 Å². The van der Waals surface area contributed by atoms with Gasteiger partial charge in [0.15, 0.2) is 11.5 Å². The highest BCUT2D eigenvalue weighted by atomic mass is 32.1. The first-order chi connectivity index (χ1) is 14.7. The van der Waals surface area contributed by atoms with E-state index in [4.69, 9.17) is 19.2 Å². The number of fused-ring (bicyclic) bond motifs is 2. The summed E-state index contributed by atoms with van der Waals surface area (Å²) in [5.41, 5.74) is 2.93. The number of rotatable bonds is 4. The second-order valence-electron chi connectivity index (χ2n) is 7.57. The number of ether oxygens (including phenoxy) is 3. The van der Waals surface area contributed by atoms with Gasteiger partial charge in [0, 0.05) is 30.5 Å². The summed E-state index contributed by atoms with van der Waals surface area (Å²) in [6.45, 7) is 4.73. The zero-order chi connectivity index (χ0) is 20.5. The van der Waals surface area contributed by atoms with Crippen LogP contribution in [-0.2, 0) is 16.1 Å². The van der Waals surface area contributed by atoms with Crippen LogP contribution >= 0.6 is 11.3 Å². The molecule has 3 heterocycles. The zero-order valence-corrected chi connectivity index (χ0v) is 17.7. The lowest BCUT2D eigenvalue weighted by Crippen LogP contribution is -2.31. The van der Waals surface area contributed by atoms with Gasteiger partial charge in [-0.15, -0.1) is 11.3 Å². The van der Waals surface area contributed by atoms with Gasteiger partial charge >= 0.3 is 0 Å². The molecule has 2 aliphatic heterocycles. The van der Waals surface area contributed by atoms with E-state index in [0.29, 0.717) is 45.1 Å². The molecule has 2 aromatic carbocycles. The number of carbonyl (C=O) groups excluding carboxylic acids is 1. The van der Waals surface area contributed by atoms with Gasteiger partial charge in [-0.25, -0.2) is 4.98 Å². The molecular weight excluding hydrogens is 400 g/mol. The monoisotopic (exact) mass is 424 g/mol. The lowest BCUT2D eigenvalue weighted by Gasteiger charge is -2.20. The first kappa shape index (κ1) is 19.3. The van der Waals surface area contributed by atoms with Crippen molar-refractivity contribution < 1.29 is 19.0 Å². The Morgan fingerprint density at radius 3 is 3.00 bits per heavy atom. The summed E-state index contributed by atoms with van der Waals surface area (Å²) in [5, 5.41) is 0.934. The van der Waals surface area contributed by atoms with Crippen molar-refractivity contribution in [2.24, 2.45) is 0 Å². The van der Waals surface area contributed by atoms with Crippen molar-refractivity contribution in [1.29, 1.82) is 0 Å². The van der Waals surface area contributed by atoms with E-state index in [1.54, 1.807) is 11.3 Å². The van der Waals surface area contributed by atoms with Crippen molar-refractivity contribution in [1.82, 2.24) is 9.88 Å². The van der Waals surface area contributed by atoms with Gasteiger partial charge in [0.25, 0.3) is 0 Å². The first-order valence-corrected chi connectivity index (χ1v) is 11.2. The van der Waals surface area contributed by atoms with Crippen LogP contribution in [0.5, 0.6) is 11.5 Å². The molecule has 0 radical (unpaired) electrons. The highest BCUT2D eigenvalue weighted by Crippen LogP contribution is 2.41. The maximum absolute atomic E-state index is 12.4. The Hall–Kier alpha value is -2.64. The summed E-state index contributed by atoms with van der Waals surface area (Å²) < 4.78 is 19.0. The van der Waals surface area contributed by atoms with E-state index in [9.17, 15) is 4.79 Å². The van der Waals surface area contributed by atoms with Gasteiger partial charge in [0.05, 0.1) is 30.0 Å². The molecule has 2 aliphatic rings. The molecule has 6 nitrogen and oxygen atoms in total. The van der Waals surface area contributed by atoms with Gasteiger partial charge in [-0.05, 0) is 24.3 Å². The third-order valence-corrected chi connectivity index (χ3v) is 6.56. The van der Waals surface area contributed by atoms with Gasteiger partial charge in [-0.1, -0.05) is 19.1 Å². The maximum atomic E-state index is 12.4. The van der Waals surface area contributed by atoms with Gasteiger partial charge in [0.2, 0.25) is 5.91 Å². The fourth-order valence-electron chi connectivity index (χ4n) is 3.91. The Morgan fingerprint density at radius 2 is 2.20 bits per heavy atom. The molecule has 0 aliphatic carbocycles. The molecule has 0 bridgehead atoms. The summed E-state index contributed by atoms with van der Waals surface area (Å²) in [7, 11) is 0. The van der Waals surface area contributed by atoms with E-state index >= 15 is 0 Å². The third kappa shape index (κ3) is 3.75. The molecule has 1 amide bonds. The van der Waals surface area contributed by atoms with E-state index in [2.05, 4.69) is 12.1 Å². The minimum absolute atomic E-state index is 0.0138. The molecule has 7 heteroatoms. The Kier molecular flexibility index (Phi) is 5.31. The number of para-hydroxylation sites is 1. The van der Waals surface area contributed by atoms with Crippen LogP contribution in [0.1, 0.15) is 25.3 Å². The number of carbonyl (C=O) groups is 1. The number of benzene rings is 2. The molecule has 1 aromatic heterocycles. The summed E-state index contributed by atoms with van der Waals surface area (Å²) >= 11 is 1.66. The van der Waals surface area contributed by atoms with E-state index < -0.39 is 0 Å². The molecule has 5 rings (SSSR count). The largest absolute Gasteiger partial charge is 0.487 e. The van der Waals surface area contributed by atoms with Crippen LogP contribution in [0.4, 0.5) is 0 Å². The number of nitrogens with zero attached hydrogens (tertiary/aromatic N) is 2. The molecule has 0 unspecified atom stereocenters. The second kappa shape index (κ2) is 8.24. The van der Waals surface area contributed by atoms with Gasteiger partial charge < -0.3 is 19.1 Å². The quantitative estimate of drug-likeness (QED) is 0.626. The van der Waals surface area contributed by atoms with Crippen molar-refractivity contribution >= 4 is 27.5 Å². The smallest absolute Gasteiger partial charge is 0.222 e. The fraction of sp³-hybridized carbons (Fsp3) is 0.391. The van der Waals surface area contributed by atoms with Crippen LogP contribution in [0, 0.1) is 0 Å². The number of hydrogen-bond acceptors (Lipinski definition) is 6.